The van der Waals surface area contributed by atoms with E-state index in [4.69, 9.17) is 9.15 Å². The topological polar surface area (TPSA) is 98.5 Å². The van der Waals surface area contributed by atoms with Gasteiger partial charge in [-0.3, -0.25) is 10.1 Å². The molecule has 154 valence electrons. The van der Waals surface area contributed by atoms with Crippen molar-refractivity contribution in [2.45, 2.75) is 23.8 Å². The van der Waals surface area contributed by atoms with Gasteiger partial charge in [-0.05, 0) is 56.3 Å². The van der Waals surface area contributed by atoms with Crippen molar-refractivity contribution in [2.24, 2.45) is 0 Å². The number of aryl methyl sites for hydroxylation is 1. The molecule has 1 amide bonds. The van der Waals surface area contributed by atoms with Crippen molar-refractivity contribution in [3.63, 3.8) is 0 Å². The van der Waals surface area contributed by atoms with Gasteiger partial charge < -0.3 is 9.15 Å². The zero-order chi connectivity index (χ0) is 21.3. The van der Waals surface area contributed by atoms with Crippen LogP contribution in [0.3, 0.4) is 0 Å². The van der Waals surface area contributed by atoms with Gasteiger partial charge in [0.15, 0.2) is 10.9 Å². The summed E-state index contributed by atoms with van der Waals surface area (Å²) in [5.41, 5.74) is 1.67. The summed E-state index contributed by atoms with van der Waals surface area (Å²) in [6.07, 6.45) is 0. The molecular formula is C21H18N2O5S2. The van der Waals surface area contributed by atoms with Crippen LogP contribution in [0.1, 0.15) is 23.0 Å². The van der Waals surface area contributed by atoms with E-state index in [0.29, 0.717) is 11.7 Å². The van der Waals surface area contributed by atoms with E-state index in [1.807, 2.05) is 32.0 Å². The lowest BCUT2D eigenvalue weighted by molar-refractivity contribution is 0.0991. The van der Waals surface area contributed by atoms with E-state index in [1.54, 1.807) is 12.1 Å². The number of carbonyl (C=O) groups is 1. The van der Waals surface area contributed by atoms with Crippen LogP contribution < -0.4 is 10.1 Å². The van der Waals surface area contributed by atoms with E-state index in [0.717, 1.165) is 21.5 Å². The summed E-state index contributed by atoms with van der Waals surface area (Å²) >= 11 is 1.29. The molecule has 0 aliphatic carbocycles. The van der Waals surface area contributed by atoms with Crippen LogP contribution >= 0.6 is 11.3 Å². The van der Waals surface area contributed by atoms with Crippen molar-refractivity contribution in [1.29, 1.82) is 0 Å². The highest BCUT2D eigenvalue weighted by Gasteiger charge is 2.24. The quantitative estimate of drug-likeness (QED) is 0.465. The second-order valence-electron chi connectivity index (χ2n) is 6.47. The van der Waals surface area contributed by atoms with Gasteiger partial charge in [-0.25, -0.2) is 13.4 Å². The molecule has 0 bridgehead atoms. The molecule has 9 heteroatoms. The van der Waals surface area contributed by atoms with Crippen LogP contribution in [0.25, 0.3) is 10.2 Å². The maximum Gasteiger partial charge on any atom is 0.293 e. The third-order valence-corrected chi connectivity index (χ3v) is 6.87. The number of amides is 1. The zero-order valence-corrected chi connectivity index (χ0v) is 17.8. The number of hydrogen-bond donors (Lipinski definition) is 1. The molecule has 2 heterocycles. The maximum atomic E-state index is 12.7. The summed E-state index contributed by atoms with van der Waals surface area (Å²) in [5, 5.41) is 2.74. The lowest BCUT2D eigenvalue weighted by Gasteiger charge is -2.02. The van der Waals surface area contributed by atoms with Gasteiger partial charge in [0.25, 0.3) is 5.91 Å². The predicted octanol–water partition coefficient (Wildman–Crippen LogP) is 4.68. The number of fused-ring (bicyclic) bond motifs is 1. The first-order valence-corrected chi connectivity index (χ1v) is 11.4. The van der Waals surface area contributed by atoms with E-state index in [2.05, 4.69) is 10.3 Å². The van der Waals surface area contributed by atoms with E-state index in [1.165, 1.54) is 35.6 Å². The Labute approximate surface area is 177 Å². The van der Waals surface area contributed by atoms with E-state index in [-0.39, 0.29) is 15.7 Å². The summed E-state index contributed by atoms with van der Waals surface area (Å²) in [6, 6.07) is 14.5. The third kappa shape index (κ3) is 3.94. The number of nitrogens with zero attached hydrogens (tertiary/aromatic N) is 1. The zero-order valence-electron chi connectivity index (χ0n) is 16.2. The first-order chi connectivity index (χ1) is 14.4. The van der Waals surface area contributed by atoms with Gasteiger partial charge >= 0.3 is 0 Å². The number of aromatic nitrogens is 1. The van der Waals surface area contributed by atoms with Gasteiger partial charge in [0.1, 0.15) is 5.75 Å². The maximum absolute atomic E-state index is 12.7. The number of ether oxygens (including phenoxy) is 1. The van der Waals surface area contributed by atoms with Gasteiger partial charge in [-0.1, -0.05) is 29.0 Å². The number of thiazole rings is 1. The Bertz CT molecular complexity index is 1320. The average molecular weight is 443 g/mol. The molecule has 0 saturated heterocycles. The molecule has 0 aliphatic rings. The van der Waals surface area contributed by atoms with Gasteiger partial charge in [-0.2, -0.15) is 0 Å². The number of sulfone groups is 1. The fourth-order valence-corrected chi connectivity index (χ4v) is 4.86. The van der Waals surface area contributed by atoms with Crippen LogP contribution in [-0.4, -0.2) is 25.9 Å². The number of benzene rings is 2. The molecule has 0 fully saturated rings. The molecule has 4 rings (SSSR count). The Balaban J connectivity index is 1.54. The molecule has 2 aromatic heterocycles. The molecule has 0 atom stereocenters. The lowest BCUT2D eigenvalue weighted by Crippen LogP contribution is -2.10. The number of carbonyl (C=O) groups excluding carboxylic acids is 1. The fourth-order valence-electron chi connectivity index (χ4n) is 2.79. The Morgan fingerprint density at radius 1 is 1.13 bits per heavy atom. The van der Waals surface area contributed by atoms with E-state index < -0.39 is 15.7 Å². The van der Waals surface area contributed by atoms with Crippen molar-refractivity contribution in [1.82, 2.24) is 4.98 Å². The molecule has 0 unspecified atom stereocenters. The van der Waals surface area contributed by atoms with Crippen LogP contribution in [0.5, 0.6) is 5.75 Å². The monoisotopic (exact) mass is 442 g/mol. The van der Waals surface area contributed by atoms with Crippen LogP contribution in [0.15, 0.2) is 69.0 Å². The highest BCUT2D eigenvalue weighted by molar-refractivity contribution is 7.91. The Morgan fingerprint density at radius 2 is 1.90 bits per heavy atom. The molecule has 0 aliphatic heterocycles. The number of nitrogens with one attached hydrogen (secondary N) is 1. The standard InChI is InChI=1S/C21H18N2O5S2/c1-3-27-14-6-9-16-18(12-14)29-21(22-16)23-20(24)17-10-11-19(28-17)30(25,26)15-7-4-13(2)5-8-15/h4-12H,3H2,1-2H3,(H,22,23,24). The summed E-state index contributed by atoms with van der Waals surface area (Å²) in [5.74, 6) is 0.0305. The second kappa shape index (κ2) is 7.92. The molecule has 7 nitrogen and oxygen atoms in total. The van der Waals surface area contributed by atoms with Crippen LogP contribution in [0, 0.1) is 6.92 Å². The molecule has 2 aromatic carbocycles. The summed E-state index contributed by atoms with van der Waals surface area (Å²) in [7, 11) is -3.85. The lowest BCUT2D eigenvalue weighted by atomic mass is 10.2. The molecule has 30 heavy (non-hydrogen) atoms. The number of hydrogen-bond acceptors (Lipinski definition) is 7. The summed E-state index contributed by atoms with van der Waals surface area (Å²) in [4.78, 5) is 17.0. The summed E-state index contributed by atoms with van der Waals surface area (Å²) in [6.45, 7) is 4.32. The average Bonchev–Trinajstić information content (AvgIpc) is 3.35. The molecule has 4 aromatic rings. The predicted molar refractivity (Wildman–Crippen MR) is 114 cm³/mol. The van der Waals surface area contributed by atoms with E-state index >= 15 is 0 Å². The molecule has 0 spiro atoms. The number of rotatable bonds is 6. The fraction of sp³-hybridized carbons (Fsp3) is 0.143. The molecule has 0 radical (unpaired) electrons. The highest BCUT2D eigenvalue weighted by atomic mass is 32.2. The van der Waals surface area contributed by atoms with Crippen LogP contribution in [0.4, 0.5) is 5.13 Å². The van der Waals surface area contributed by atoms with E-state index in [9.17, 15) is 13.2 Å². The van der Waals surface area contributed by atoms with Gasteiger partial charge in [0, 0.05) is 0 Å². The van der Waals surface area contributed by atoms with Gasteiger partial charge in [0.2, 0.25) is 14.9 Å². The van der Waals surface area contributed by atoms with Crippen molar-refractivity contribution in [3.8, 4) is 5.75 Å². The second-order valence-corrected chi connectivity index (χ2v) is 9.38. The number of furan rings is 1. The SMILES string of the molecule is CCOc1ccc2nc(NC(=O)c3ccc(S(=O)(=O)c4ccc(C)cc4)o3)sc2c1. The van der Waals surface area contributed by atoms with Crippen LogP contribution in [-0.2, 0) is 9.84 Å². The van der Waals surface area contributed by atoms with Crippen molar-refractivity contribution < 1.29 is 22.4 Å². The first kappa shape index (κ1) is 20.1. The Kier molecular flexibility index (Phi) is 5.31. The molecule has 1 N–H and O–H groups in total. The molecular weight excluding hydrogens is 424 g/mol. The highest BCUT2D eigenvalue weighted by Crippen LogP contribution is 2.30. The number of anilines is 1. The largest absolute Gasteiger partial charge is 0.494 e. The molecule has 0 saturated carbocycles. The minimum Gasteiger partial charge on any atom is -0.494 e. The first-order valence-electron chi connectivity index (χ1n) is 9.13. The minimum absolute atomic E-state index is 0.102. The van der Waals surface area contributed by atoms with Crippen LogP contribution in [0.2, 0.25) is 0 Å². The van der Waals surface area contributed by atoms with Gasteiger partial charge in [-0.15, -0.1) is 0 Å². The summed E-state index contributed by atoms with van der Waals surface area (Å²) < 4.78 is 37.1. The van der Waals surface area contributed by atoms with Crippen molar-refractivity contribution in [3.05, 3.63) is 65.9 Å². The van der Waals surface area contributed by atoms with Crippen molar-refractivity contribution in [2.75, 3.05) is 11.9 Å². The van der Waals surface area contributed by atoms with Gasteiger partial charge in [0.05, 0.1) is 21.7 Å². The Hall–Kier alpha value is -3.17. The Morgan fingerprint density at radius 3 is 2.63 bits per heavy atom. The third-order valence-electron chi connectivity index (χ3n) is 4.29. The normalized spacial score (nSPS) is 11.5. The van der Waals surface area contributed by atoms with Crippen molar-refractivity contribution >= 4 is 42.4 Å². The smallest absolute Gasteiger partial charge is 0.293 e. The minimum atomic E-state index is -3.85.